The Kier molecular flexibility index (Phi) is 5.73. The summed E-state index contributed by atoms with van der Waals surface area (Å²) in [6.07, 6.45) is -4.05. The van der Waals surface area contributed by atoms with E-state index in [2.05, 4.69) is 10.3 Å². The maximum atomic E-state index is 9.90. The topological polar surface area (TPSA) is 115 Å². The van der Waals surface area contributed by atoms with Crippen molar-refractivity contribution in [3.05, 3.63) is 30.0 Å². The van der Waals surface area contributed by atoms with Gasteiger partial charge in [0.25, 0.3) is 0 Å². The van der Waals surface area contributed by atoms with E-state index in [1.54, 1.807) is 7.11 Å². The van der Waals surface area contributed by atoms with Crippen molar-refractivity contribution in [2.75, 3.05) is 25.6 Å². The van der Waals surface area contributed by atoms with Gasteiger partial charge in [-0.15, -0.1) is 0 Å². The number of methoxy groups -OCH3 is 1. The fraction of sp³-hybridized carbons (Fsp3) is 0.438. The van der Waals surface area contributed by atoms with Crippen LogP contribution in [-0.4, -0.2) is 64.0 Å². The van der Waals surface area contributed by atoms with E-state index in [1.165, 1.54) is 0 Å². The number of aryl methyl sites for hydroxylation is 1. The second kappa shape index (κ2) is 7.56. The molecule has 1 aromatic heterocycles. The van der Waals surface area contributed by atoms with Crippen LogP contribution in [0.25, 0.3) is 10.9 Å². The number of aliphatic hydroxyl groups excluding tert-OH is 4. The number of aliphatic hydroxyl groups is 4. The smallest absolute Gasteiger partial charge is 0.119 e. The molecule has 7 nitrogen and oxygen atoms in total. The first-order valence-electron chi connectivity index (χ1n) is 7.30. The maximum absolute atomic E-state index is 9.90. The summed E-state index contributed by atoms with van der Waals surface area (Å²) in [7, 11) is 1.58. The second-order valence-electron chi connectivity index (χ2n) is 5.38. The van der Waals surface area contributed by atoms with Crippen LogP contribution in [0.3, 0.4) is 0 Å². The second-order valence-corrected chi connectivity index (χ2v) is 5.38. The Hall–Kier alpha value is -1.93. The predicted octanol–water partition coefficient (Wildman–Crippen LogP) is 0.0387. The Balaban J connectivity index is 2.22. The van der Waals surface area contributed by atoms with Crippen LogP contribution in [0.2, 0.25) is 0 Å². The third-order valence-corrected chi connectivity index (χ3v) is 3.62. The van der Waals surface area contributed by atoms with Crippen LogP contribution in [0.1, 0.15) is 5.69 Å². The fourth-order valence-electron chi connectivity index (χ4n) is 2.31. The van der Waals surface area contributed by atoms with Gasteiger partial charge in [0.2, 0.25) is 0 Å². The Bertz CT molecular complexity index is 664. The van der Waals surface area contributed by atoms with E-state index in [9.17, 15) is 15.3 Å². The minimum absolute atomic E-state index is 0.00793. The molecule has 0 aliphatic heterocycles. The number of hydrogen-bond donors (Lipinski definition) is 5. The van der Waals surface area contributed by atoms with Crippen LogP contribution >= 0.6 is 0 Å². The molecule has 0 fully saturated rings. The van der Waals surface area contributed by atoms with Gasteiger partial charge >= 0.3 is 0 Å². The van der Waals surface area contributed by atoms with Gasteiger partial charge in [0.1, 0.15) is 18.0 Å². The Labute approximate surface area is 134 Å². The van der Waals surface area contributed by atoms with Gasteiger partial charge in [0.05, 0.1) is 25.3 Å². The van der Waals surface area contributed by atoms with Gasteiger partial charge in [-0.25, -0.2) is 0 Å². The number of nitrogens with one attached hydrogen (secondary N) is 1. The first kappa shape index (κ1) is 17.4. The number of aromatic nitrogens is 1. The summed E-state index contributed by atoms with van der Waals surface area (Å²) in [5.74, 6) is 0.683. The molecule has 0 radical (unpaired) electrons. The molecule has 1 heterocycles. The highest BCUT2D eigenvalue weighted by atomic mass is 16.5. The van der Waals surface area contributed by atoms with Crippen LogP contribution in [0.15, 0.2) is 24.3 Å². The van der Waals surface area contributed by atoms with Crippen molar-refractivity contribution in [2.45, 2.75) is 25.2 Å². The Morgan fingerprint density at radius 3 is 2.57 bits per heavy atom. The molecule has 0 saturated carbocycles. The molecule has 0 spiro atoms. The monoisotopic (exact) mass is 322 g/mol. The quantitative estimate of drug-likeness (QED) is 0.489. The van der Waals surface area contributed by atoms with E-state index in [4.69, 9.17) is 9.84 Å². The molecule has 0 saturated heterocycles. The predicted molar refractivity (Wildman–Crippen MR) is 86.6 cm³/mol. The molecule has 0 aliphatic carbocycles. The van der Waals surface area contributed by atoms with Crippen LogP contribution < -0.4 is 10.1 Å². The summed E-state index contributed by atoms with van der Waals surface area (Å²) in [6.45, 7) is 1.25. The summed E-state index contributed by atoms with van der Waals surface area (Å²) in [5.41, 5.74) is 2.31. The van der Waals surface area contributed by atoms with Gasteiger partial charge in [-0.2, -0.15) is 0 Å². The molecule has 7 heteroatoms. The van der Waals surface area contributed by atoms with E-state index in [1.807, 2.05) is 31.2 Å². The highest BCUT2D eigenvalue weighted by Crippen LogP contribution is 2.27. The Morgan fingerprint density at radius 2 is 1.91 bits per heavy atom. The van der Waals surface area contributed by atoms with Crippen LogP contribution in [-0.2, 0) is 0 Å². The molecule has 2 rings (SSSR count). The standard InChI is InChI=1S/C16H22N2O5/c1-9-5-13(17-7-14(20)16(22)15(21)8-19)11-6-10(23-2)3-4-12(11)18-9/h3-6,14-16,19-22H,7-8H2,1-2H3,(H,17,18)/t14-,15-,16+/m0/s1. The van der Waals surface area contributed by atoms with Crippen molar-refractivity contribution in [1.82, 2.24) is 4.98 Å². The number of nitrogens with zero attached hydrogens (tertiary/aromatic N) is 1. The largest absolute Gasteiger partial charge is 0.497 e. The molecule has 1 aromatic carbocycles. The molecule has 126 valence electrons. The van der Waals surface area contributed by atoms with E-state index >= 15 is 0 Å². The summed E-state index contributed by atoms with van der Waals surface area (Å²) in [4.78, 5) is 4.43. The first-order valence-corrected chi connectivity index (χ1v) is 7.30. The molecule has 2 aromatic rings. The molecular weight excluding hydrogens is 300 g/mol. The van der Waals surface area contributed by atoms with Crippen molar-refractivity contribution in [1.29, 1.82) is 0 Å². The van der Waals surface area contributed by atoms with Crippen LogP contribution in [0.5, 0.6) is 5.75 Å². The minimum Gasteiger partial charge on any atom is -0.497 e. The SMILES string of the molecule is COc1ccc2nc(C)cc(NC[C@H](O)[C@@H](O)[C@@H](O)CO)c2c1. The molecule has 0 aliphatic rings. The van der Waals surface area contributed by atoms with Gasteiger partial charge in [-0.1, -0.05) is 0 Å². The van der Waals surface area contributed by atoms with Gasteiger partial charge < -0.3 is 30.5 Å². The molecule has 0 unspecified atom stereocenters. The number of fused-ring (bicyclic) bond motifs is 1. The van der Waals surface area contributed by atoms with Crippen molar-refractivity contribution in [3.8, 4) is 5.75 Å². The van der Waals surface area contributed by atoms with Gasteiger partial charge in [0, 0.05) is 23.3 Å². The number of rotatable bonds is 7. The van der Waals surface area contributed by atoms with Crippen molar-refractivity contribution in [2.24, 2.45) is 0 Å². The lowest BCUT2D eigenvalue weighted by Gasteiger charge is -2.22. The molecule has 5 N–H and O–H groups in total. The molecule has 0 amide bonds. The first-order chi connectivity index (χ1) is 11.0. The lowest BCUT2D eigenvalue weighted by Crippen LogP contribution is -2.42. The minimum atomic E-state index is -1.43. The van der Waals surface area contributed by atoms with Gasteiger partial charge in [0.15, 0.2) is 0 Å². The summed E-state index contributed by atoms with van der Waals surface area (Å²) >= 11 is 0. The van der Waals surface area contributed by atoms with E-state index in [0.717, 1.165) is 22.3 Å². The summed E-state index contributed by atoms with van der Waals surface area (Å²) in [6, 6.07) is 7.31. The lowest BCUT2D eigenvalue weighted by molar-refractivity contribution is -0.0715. The highest BCUT2D eigenvalue weighted by molar-refractivity contribution is 5.92. The zero-order valence-corrected chi connectivity index (χ0v) is 13.1. The average molecular weight is 322 g/mol. The molecule has 23 heavy (non-hydrogen) atoms. The fourth-order valence-corrected chi connectivity index (χ4v) is 2.31. The molecular formula is C16H22N2O5. The Morgan fingerprint density at radius 1 is 1.17 bits per heavy atom. The number of anilines is 1. The van der Waals surface area contributed by atoms with Crippen LogP contribution in [0.4, 0.5) is 5.69 Å². The van der Waals surface area contributed by atoms with Crippen LogP contribution in [0, 0.1) is 6.92 Å². The van der Waals surface area contributed by atoms with E-state index < -0.39 is 24.9 Å². The van der Waals surface area contributed by atoms with E-state index in [-0.39, 0.29) is 6.54 Å². The number of ether oxygens (including phenoxy) is 1. The maximum Gasteiger partial charge on any atom is 0.119 e. The summed E-state index contributed by atoms with van der Waals surface area (Å²) < 4.78 is 5.21. The third-order valence-electron chi connectivity index (χ3n) is 3.62. The highest BCUT2D eigenvalue weighted by Gasteiger charge is 2.24. The third kappa shape index (κ3) is 4.08. The van der Waals surface area contributed by atoms with Gasteiger partial charge in [-0.3, -0.25) is 4.98 Å². The lowest BCUT2D eigenvalue weighted by atomic mass is 10.1. The van der Waals surface area contributed by atoms with Crippen molar-refractivity contribution >= 4 is 16.6 Å². The average Bonchev–Trinajstić information content (AvgIpc) is 2.57. The van der Waals surface area contributed by atoms with Gasteiger partial charge in [-0.05, 0) is 31.2 Å². The number of pyridine rings is 1. The van der Waals surface area contributed by atoms with Crippen molar-refractivity contribution in [3.63, 3.8) is 0 Å². The number of hydrogen-bond acceptors (Lipinski definition) is 7. The van der Waals surface area contributed by atoms with Crippen molar-refractivity contribution < 1.29 is 25.2 Å². The number of benzene rings is 1. The normalized spacial score (nSPS) is 15.2. The zero-order chi connectivity index (χ0) is 17.0. The zero-order valence-electron chi connectivity index (χ0n) is 13.1. The summed E-state index contributed by atoms with van der Waals surface area (Å²) in [5, 5.41) is 41.6. The van der Waals surface area contributed by atoms with E-state index in [0.29, 0.717) is 5.75 Å². The molecule has 3 atom stereocenters. The molecule has 0 bridgehead atoms.